The number of hydrogen-bond donors (Lipinski definition) is 2. The number of furan rings is 1. The molecule has 1 aromatic carbocycles. The number of nitrogens with one attached hydrogen (secondary N) is 2. The molecule has 0 saturated carbocycles. The number of rotatable bonds is 3. The van der Waals surface area contributed by atoms with Crippen LogP contribution in [0.4, 0.5) is 0 Å². The second kappa shape index (κ2) is 6.38. The van der Waals surface area contributed by atoms with Gasteiger partial charge in [0.1, 0.15) is 5.75 Å². The van der Waals surface area contributed by atoms with Crippen LogP contribution in [0, 0.1) is 0 Å². The van der Waals surface area contributed by atoms with Crippen LogP contribution in [0.1, 0.15) is 27.8 Å². The minimum atomic E-state index is -0.565. The molecule has 21 heavy (non-hydrogen) atoms. The molecule has 7 heteroatoms. The first-order chi connectivity index (χ1) is 10.1. The van der Waals surface area contributed by atoms with Crippen molar-refractivity contribution >= 4 is 17.8 Å². The molecule has 2 N–H and O–H groups in total. The summed E-state index contributed by atoms with van der Waals surface area (Å²) in [5, 5.41) is 0. The highest BCUT2D eigenvalue weighted by atomic mass is 16.5. The Morgan fingerprint density at radius 2 is 1.67 bits per heavy atom. The highest BCUT2D eigenvalue weighted by Crippen LogP contribution is 2.12. The smallest absolute Gasteiger partial charge is 0.308 e. The molecule has 1 heterocycles. The molecule has 1 aromatic heterocycles. The van der Waals surface area contributed by atoms with Crippen molar-refractivity contribution in [2.75, 3.05) is 0 Å². The molecule has 7 nitrogen and oxygen atoms in total. The average Bonchev–Trinajstić information content (AvgIpc) is 2.99. The lowest BCUT2D eigenvalue weighted by Gasteiger charge is -2.06. The second-order valence-electron chi connectivity index (χ2n) is 4.00. The van der Waals surface area contributed by atoms with Crippen LogP contribution in [-0.2, 0) is 4.79 Å². The van der Waals surface area contributed by atoms with Crippen LogP contribution in [0.2, 0.25) is 0 Å². The fourth-order valence-corrected chi connectivity index (χ4v) is 1.50. The number of carbonyl (C=O) groups excluding carboxylic acids is 3. The van der Waals surface area contributed by atoms with Gasteiger partial charge in [-0.15, -0.1) is 0 Å². The first-order valence-corrected chi connectivity index (χ1v) is 5.99. The molecule has 0 atom stereocenters. The zero-order valence-corrected chi connectivity index (χ0v) is 11.1. The van der Waals surface area contributed by atoms with Gasteiger partial charge in [0, 0.05) is 12.5 Å². The maximum Gasteiger partial charge on any atom is 0.308 e. The minimum Gasteiger partial charge on any atom is -0.459 e. The van der Waals surface area contributed by atoms with E-state index >= 15 is 0 Å². The lowest BCUT2D eigenvalue weighted by atomic mass is 10.2. The van der Waals surface area contributed by atoms with Crippen molar-refractivity contribution in [1.29, 1.82) is 0 Å². The van der Waals surface area contributed by atoms with Crippen LogP contribution >= 0.6 is 0 Å². The summed E-state index contributed by atoms with van der Waals surface area (Å²) in [6.45, 7) is 1.28. The summed E-state index contributed by atoms with van der Waals surface area (Å²) in [6, 6.07) is 8.91. The van der Waals surface area contributed by atoms with Gasteiger partial charge in [-0.3, -0.25) is 25.2 Å². The molecule has 0 saturated heterocycles. The Labute approximate surface area is 119 Å². The Hall–Kier alpha value is -3.09. The number of carbonyl (C=O) groups is 3. The van der Waals surface area contributed by atoms with Crippen LogP contribution in [0.25, 0.3) is 0 Å². The van der Waals surface area contributed by atoms with E-state index in [1.165, 1.54) is 43.5 Å². The fraction of sp³-hybridized carbons (Fsp3) is 0.0714. The molecule has 2 rings (SSSR count). The fourth-order valence-electron chi connectivity index (χ4n) is 1.50. The molecule has 0 bridgehead atoms. The van der Waals surface area contributed by atoms with Crippen molar-refractivity contribution in [3.63, 3.8) is 0 Å². The SMILES string of the molecule is CC(=O)Oc1ccc(C(=O)NNC(=O)c2ccco2)cc1. The molecule has 0 fully saturated rings. The van der Waals surface area contributed by atoms with E-state index in [9.17, 15) is 14.4 Å². The molecular weight excluding hydrogens is 276 g/mol. The van der Waals surface area contributed by atoms with Crippen LogP contribution in [0.15, 0.2) is 47.1 Å². The molecular formula is C14H12N2O5. The van der Waals surface area contributed by atoms with Crippen molar-refractivity contribution in [1.82, 2.24) is 10.9 Å². The van der Waals surface area contributed by atoms with E-state index in [-0.39, 0.29) is 5.76 Å². The largest absolute Gasteiger partial charge is 0.459 e. The summed E-state index contributed by atoms with van der Waals surface area (Å²) < 4.78 is 9.72. The zero-order valence-electron chi connectivity index (χ0n) is 11.1. The summed E-state index contributed by atoms with van der Waals surface area (Å²) in [7, 11) is 0. The molecule has 0 aliphatic carbocycles. The Balaban J connectivity index is 1.91. The summed E-state index contributed by atoms with van der Waals surface area (Å²) in [5.41, 5.74) is 4.75. The third kappa shape index (κ3) is 3.93. The molecule has 0 radical (unpaired) electrons. The lowest BCUT2D eigenvalue weighted by molar-refractivity contribution is -0.131. The summed E-state index contributed by atoms with van der Waals surface area (Å²) in [4.78, 5) is 34.1. The van der Waals surface area contributed by atoms with E-state index < -0.39 is 17.8 Å². The first kappa shape index (κ1) is 14.3. The lowest BCUT2D eigenvalue weighted by Crippen LogP contribution is -2.41. The van der Waals surface area contributed by atoms with Gasteiger partial charge in [0.25, 0.3) is 5.91 Å². The quantitative estimate of drug-likeness (QED) is 0.503. The highest BCUT2D eigenvalue weighted by molar-refractivity contribution is 5.98. The van der Waals surface area contributed by atoms with Crippen molar-refractivity contribution in [3.05, 3.63) is 54.0 Å². The summed E-state index contributed by atoms with van der Waals surface area (Å²) in [6.07, 6.45) is 1.35. The standard InChI is InChI=1S/C14H12N2O5/c1-9(17)21-11-6-4-10(5-7-11)13(18)15-16-14(19)12-3-2-8-20-12/h2-8H,1H3,(H,15,18)(H,16,19). The third-order valence-corrected chi connectivity index (χ3v) is 2.41. The number of amides is 2. The van der Waals surface area contributed by atoms with Crippen LogP contribution in [-0.4, -0.2) is 17.8 Å². The minimum absolute atomic E-state index is 0.0838. The zero-order chi connectivity index (χ0) is 15.2. The van der Waals surface area contributed by atoms with Gasteiger partial charge in [-0.1, -0.05) is 0 Å². The van der Waals surface area contributed by atoms with Crippen LogP contribution < -0.4 is 15.6 Å². The molecule has 2 amide bonds. The van der Waals surface area contributed by atoms with Gasteiger partial charge in [-0.2, -0.15) is 0 Å². The molecule has 108 valence electrons. The molecule has 0 aliphatic rings. The monoisotopic (exact) mass is 288 g/mol. The van der Waals surface area contributed by atoms with E-state index in [2.05, 4.69) is 10.9 Å². The summed E-state index contributed by atoms with van der Waals surface area (Å²) in [5.74, 6) is -1.11. The number of hydrogen-bond acceptors (Lipinski definition) is 5. The Kier molecular flexibility index (Phi) is 4.35. The van der Waals surface area contributed by atoms with Crippen LogP contribution in [0.3, 0.4) is 0 Å². The number of benzene rings is 1. The van der Waals surface area contributed by atoms with Crippen molar-refractivity contribution in [3.8, 4) is 5.75 Å². The van der Waals surface area contributed by atoms with E-state index in [0.717, 1.165) is 0 Å². The van der Waals surface area contributed by atoms with E-state index in [1.807, 2.05) is 0 Å². The normalized spacial score (nSPS) is 9.76. The van der Waals surface area contributed by atoms with Gasteiger partial charge in [0.05, 0.1) is 6.26 Å². The number of ether oxygens (including phenoxy) is 1. The second-order valence-corrected chi connectivity index (χ2v) is 4.00. The van der Waals surface area contributed by atoms with Crippen molar-refractivity contribution in [2.24, 2.45) is 0 Å². The number of hydrazine groups is 1. The topological polar surface area (TPSA) is 97.6 Å². The molecule has 2 aromatic rings. The van der Waals surface area contributed by atoms with Crippen molar-refractivity contribution < 1.29 is 23.5 Å². The molecule has 0 aliphatic heterocycles. The molecule has 0 unspecified atom stereocenters. The van der Waals surface area contributed by atoms with Gasteiger partial charge in [-0.05, 0) is 36.4 Å². The Bertz CT molecular complexity index is 647. The molecule has 0 spiro atoms. The van der Waals surface area contributed by atoms with Crippen molar-refractivity contribution in [2.45, 2.75) is 6.92 Å². The number of esters is 1. The van der Waals surface area contributed by atoms with Gasteiger partial charge in [0.15, 0.2) is 5.76 Å². The van der Waals surface area contributed by atoms with E-state index in [4.69, 9.17) is 9.15 Å². The van der Waals surface area contributed by atoms with E-state index in [1.54, 1.807) is 6.07 Å². The van der Waals surface area contributed by atoms with E-state index in [0.29, 0.717) is 11.3 Å². The van der Waals surface area contributed by atoms with Gasteiger partial charge in [-0.25, -0.2) is 0 Å². The first-order valence-electron chi connectivity index (χ1n) is 5.99. The van der Waals surface area contributed by atoms with Crippen LogP contribution in [0.5, 0.6) is 5.75 Å². The van der Waals surface area contributed by atoms with Gasteiger partial charge < -0.3 is 9.15 Å². The summed E-state index contributed by atoms with van der Waals surface area (Å²) >= 11 is 0. The highest BCUT2D eigenvalue weighted by Gasteiger charge is 2.11. The Morgan fingerprint density at radius 1 is 1.00 bits per heavy atom. The maximum absolute atomic E-state index is 11.8. The predicted octanol–water partition coefficient (Wildman–Crippen LogP) is 1.28. The van der Waals surface area contributed by atoms with Gasteiger partial charge in [0.2, 0.25) is 0 Å². The Morgan fingerprint density at radius 3 is 2.24 bits per heavy atom. The average molecular weight is 288 g/mol. The van der Waals surface area contributed by atoms with Gasteiger partial charge >= 0.3 is 11.9 Å². The maximum atomic E-state index is 11.8. The third-order valence-electron chi connectivity index (χ3n) is 2.41. The predicted molar refractivity (Wildman–Crippen MR) is 71.4 cm³/mol.